The number of esters is 2. The Hall–Kier alpha value is -2.88. The molecule has 0 unspecified atom stereocenters. The molecule has 1 aliphatic heterocycles. The highest BCUT2D eigenvalue weighted by Gasteiger charge is 2.46. The second-order valence-corrected chi connectivity index (χ2v) is 4.66. The van der Waals surface area contributed by atoms with Gasteiger partial charge in [-0.2, -0.15) is 5.10 Å². The number of aromatic nitrogens is 1. The van der Waals surface area contributed by atoms with Gasteiger partial charge in [-0.25, -0.2) is 14.3 Å². The Morgan fingerprint density at radius 2 is 2.04 bits per heavy atom. The first-order valence-corrected chi connectivity index (χ1v) is 6.39. The molecule has 10 nitrogen and oxygen atoms in total. The third-order valence-corrected chi connectivity index (χ3v) is 3.20. The monoisotopic (exact) mass is 326 g/mol. The average molecular weight is 326 g/mol. The number of carbonyl (C=O) groups excluding carboxylic acids is 2. The molecule has 2 heterocycles. The highest BCUT2D eigenvalue weighted by Crippen LogP contribution is 2.20. The summed E-state index contributed by atoms with van der Waals surface area (Å²) in [4.78, 5) is 27.8. The molecule has 1 atom stereocenters. The summed E-state index contributed by atoms with van der Waals surface area (Å²) in [5, 5.41) is 13.6. The highest BCUT2D eigenvalue weighted by molar-refractivity contribution is 6.37. The van der Waals surface area contributed by atoms with Crippen LogP contribution in [-0.4, -0.2) is 59.4 Å². The van der Waals surface area contributed by atoms with E-state index in [0.29, 0.717) is 5.36 Å². The van der Waals surface area contributed by atoms with E-state index >= 15 is 0 Å². The molecule has 0 fully saturated rings. The first-order chi connectivity index (χ1) is 10.5. The molecule has 2 rings (SSSR count). The lowest BCUT2D eigenvalue weighted by Gasteiger charge is -2.23. The van der Waals surface area contributed by atoms with Crippen LogP contribution in [0, 0.1) is 0 Å². The van der Waals surface area contributed by atoms with Gasteiger partial charge in [0.2, 0.25) is 0 Å². The lowest BCUT2D eigenvalue weighted by molar-refractivity contribution is -0.147. The van der Waals surface area contributed by atoms with Crippen LogP contribution < -0.4 is 10.8 Å². The molecule has 0 radical (unpaired) electrons. The van der Waals surface area contributed by atoms with E-state index in [4.69, 9.17) is 9.94 Å². The number of carbonyl (C=O) groups is 2. The fourth-order valence-electron chi connectivity index (χ4n) is 1.99. The maximum absolute atomic E-state index is 12.1. The molecule has 0 spiro atoms. The first kappa shape index (κ1) is 18.2. The smallest absolute Gasteiger partial charge is 0.354 e. The van der Waals surface area contributed by atoms with Crippen LogP contribution >= 0.6 is 0 Å². The molecule has 0 saturated heterocycles. The molecule has 0 aromatic carbocycles. The van der Waals surface area contributed by atoms with Gasteiger partial charge in [0.15, 0.2) is 5.54 Å². The summed E-state index contributed by atoms with van der Waals surface area (Å²) in [7, 11) is 2.49. The van der Waals surface area contributed by atoms with Crippen molar-refractivity contribution in [3.63, 3.8) is 0 Å². The summed E-state index contributed by atoms with van der Waals surface area (Å²) in [5.41, 5.74) is 1.49. The fourth-order valence-corrected chi connectivity index (χ4v) is 1.99. The molecule has 1 aromatic rings. The summed E-state index contributed by atoms with van der Waals surface area (Å²) < 4.78 is 10.2. The zero-order valence-electron chi connectivity index (χ0n) is 12.6. The minimum absolute atomic E-state index is 0. The van der Waals surface area contributed by atoms with Crippen molar-refractivity contribution in [2.24, 2.45) is 10.1 Å². The van der Waals surface area contributed by atoms with Crippen LogP contribution in [0.4, 0.5) is 0 Å². The van der Waals surface area contributed by atoms with Gasteiger partial charge in [0.05, 0.1) is 26.1 Å². The van der Waals surface area contributed by atoms with Crippen molar-refractivity contribution in [3.05, 3.63) is 29.9 Å². The van der Waals surface area contributed by atoms with Crippen molar-refractivity contribution in [1.82, 2.24) is 10.2 Å². The maximum Gasteiger partial charge on any atom is 0.354 e. The van der Waals surface area contributed by atoms with Gasteiger partial charge in [0, 0.05) is 18.8 Å². The van der Waals surface area contributed by atoms with Gasteiger partial charge in [-0.3, -0.25) is 10.4 Å². The Kier molecular flexibility index (Phi) is 5.85. The molecular weight excluding hydrogens is 308 g/mol. The molecule has 1 aliphatic rings. The van der Waals surface area contributed by atoms with E-state index in [2.05, 4.69) is 20.3 Å². The Bertz CT molecular complexity index is 663. The van der Waals surface area contributed by atoms with Crippen LogP contribution in [0.3, 0.4) is 0 Å². The third-order valence-electron chi connectivity index (χ3n) is 3.20. The van der Waals surface area contributed by atoms with E-state index in [1.165, 1.54) is 26.6 Å². The van der Waals surface area contributed by atoms with Crippen molar-refractivity contribution in [2.45, 2.75) is 12.0 Å². The Labute approximate surface area is 131 Å². The number of hydrogen-bond acceptors (Lipinski definition) is 8. The molecule has 4 N–H and O–H groups in total. The van der Waals surface area contributed by atoms with Crippen LogP contribution in [-0.2, 0) is 19.1 Å². The van der Waals surface area contributed by atoms with E-state index in [1.807, 2.05) is 0 Å². The lowest BCUT2D eigenvalue weighted by Crippen LogP contribution is -2.51. The first-order valence-electron chi connectivity index (χ1n) is 6.39. The summed E-state index contributed by atoms with van der Waals surface area (Å²) in [6.07, 6.45) is 2.83. The number of nitrogens with one attached hydrogen (secondary N) is 1. The van der Waals surface area contributed by atoms with E-state index < -0.39 is 17.5 Å². The molecular formula is C13H18N4O6. The van der Waals surface area contributed by atoms with Gasteiger partial charge in [-0.15, -0.1) is 0 Å². The Morgan fingerprint density at radius 3 is 2.61 bits per heavy atom. The predicted molar refractivity (Wildman–Crippen MR) is 77.6 cm³/mol. The second kappa shape index (κ2) is 7.40. The number of rotatable bonds is 4. The molecule has 10 heteroatoms. The van der Waals surface area contributed by atoms with E-state index in [1.54, 1.807) is 12.1 Å². The number of ether oxygens (including phenoxy) is 2. The summed E-state index contributed by atoms with van der Waals surface area (Å²) >= 11 is 0. The molecule has 0 saturated carbocycles. The number of methoxy groups -OCH3 is 2. The van der Waals surface area contributed by atoms with Crippen molar-refractivity contribution < 1.29 is 29.7 Å². The summed E-state index contributed by atoms with van der Waals surface area (Å²) in [6.45, 7) is 0.0130. The van der Waals surface area contributed by atoms with Crippen molar-refractivity contribution in [2.75, 3.05) is 20.8 Å². The zero-order valence-corrected chi connectivity index (χ0v) is 12.6. The average Bonchev–Trinajstić information content (AvgIpc) is 2.98. The Morgan fingerprint density at radius 1 is 1.39 bits per heavy atom. The third kappa shape index (κ3) is 3.86. The maximum atomic E-state index is 12.1. The zero-order chi connectivity index (χ0) is 16.2. The summed E-state index contributed by atoms with van der Waals surface area (Å²) in [5.74, 6) is -1.19. The molecule has 0 amide bonds. The quantitative estimate of drug-likeness (QED) is 0.495. The Balaban J connectivity index is 0.00000264. The SMILES string of the molecule is COC(=O)C1=NN[C@](CN=c2ccn(O)cc2)(C(=O)OC)C1.O. The number of pyridine rings is 1. The molecule has 126 valence electrons. The van der Waals surface area contributed by atoms with Crippen molar-refractivity contribution in [1.29, 1.82) is 0 Å². The minimum Gasteiger partial charge on any atom is -0.467 e. The van der Waals surface area contributed by atoms with E-state index in [9.17, 15) is 9.59 Å². The van der Waals surface area contributed by atoms with Gasteiger partial charge in [-0.1, -0.05) is 0 Å². The number of nitrogens with zero attached hydrogens (tertiary/aromatic N) is 3. The van der Waals surface area contributed by atoms with Gasteiger partial charge >= 0.3 is 11.9 Å². The van der Waals surface area contributed by atoms with Crippen LogP contribution in [0.2, 0.25) is 0 Å². The minimum atomic E-state index is -1.25. The standard InChI is InChI=1S/C13H16N4O5.H2O/c1-21-11(18)10-7-13(16-15-10,12(19)22-2)8-14-9-3-5-17(20)6-4-9;/h3-6,16,20H,7-8H2,1-2H3;1H2/t13-;/m1./s1. The topological polar surface area (TPSA) is 146 Å². The predicted octanol–water partition coefficient (Wildman–Crippen LogP) is -1.76. The van der Waals surface area contributed by atoms with Crippen LogP contribution in [0.25, 0.3) is 0 Å². The van der Waals surface area contributed by atoms with Crippen LogP contribution in [0.1, 0.15) is 6.42 Å². The van der Waals surface area contributed by atoms with Gasteiger partial charge in [0.1, 0.15) is 5.71 Å². The van der Waals surface area contributed by atoms with Crippen molar-refractivity contribution >= 4 is 17.7 Å². The molecule has 0 aliphatic carbocycles. The van der Waals surface area contributed by atoms with E-state index in [0.717, 1.165) is 4.73 Å². The van der Waals surface area contributed by atoms with Crippen molar-refractivity contribution in [3.8, 4) is 0 Å². The normalized spacial score (nSPS) is 19.0. The lowest BCUT2D eigenvalue weighted by atomic mass is 9.94. The van der Waals surface area contributed by atoms with Gasteiger partial charge in [-0.05, 0) is 12.1 Å². The molecule has 23 heavy (non-hydrogen) atoms. The number of hydrogen-bond donors (Lipinski definition) is 2. The van der Waals surface area contributed by atoms with Crippen LogP contribution in [0.5, 0.6) is 0 Å². The number of hydrazone groups is 1. The summed E-state index contributed by atoms with van der Waals surface area (Å²) in [6, 6.07) is 3.14. The van der Waals surface area contributed by atoms with E-state index in [-0.39, 0.29) is 24.2 Å². The highest BCUT2D eigenvalue weighted by atomic mass is 16.5. The van der Waals surface area contributed by atoms with Gasteiger partial charge in [0.25, 0.3) is 0 Å². The van der Waals surface area contributed by atoms with Gasteiger partial charge < -0.3 is 20.2 Å². The fraction of sp³-hybridized carbons (Fsp3) is 0.385. The molecule has 0 bridgehead atoms. The largest absolute Gasteiger partial charge is 0.467 e. The molecule has 1 aromatic heterocycles. The van der Waals surface area contributed by atoms with Crippen LogP contribution in [0.15, 0.2) is 34.6 Å². The second-order valence-electron chi connectivity index (χ2n) is 4.66.